The summed E-state index contributed by atoms with van der Waals surface area (Å²) in [6, 6.07) is 17.6. The molecule has 0 atom stereocenters. The van der Waals surface area contributed by atoms with Crippen LogP contribution in [-0.2, 0) is 13.5 Å². The maximum Gasteiger partial charge on any atom is 0.142 e. The summed E-state index contributed by atoms with van der Waals surface area (Å²) < 4.78 is 2.78. The fourth-order valence-electron chi connectivity index (χ4n) is 3.23. The van der Waals surface area contributed by atoms with Crippen LogP contribution in [0.1, 0.15) is 44.6 Å². The highest BCUT2D eigenvalue weighted by Gasteiger charge is 2.06. The lowest BCUT2D eigenvalue weighted by Crippen LogP contribution is -1.99. The van der Waals surface area contributed by atoms with Crippen molar-refractivity contribution in [1.29, 1.82) is 0 Å². The second-order valence-corrected chi connectivity index (χ2v) is 7.88. The Bertz CT molecular complexity index is 816. The Morgan fingerprint density at radius 1 is 0.889 bits per heavy atom. The summed E-state index contributed by atoms with van der Waals surface area (Å²) in [5.74, 6) is 0.950. The second kappa shape index (κ2) is 9.75. The van der Waals surface area contributed by atoms with E-state index in [1.165, 1.54) is 55.2 Å². The summed E-state index contributed by atoms with van der Waals surface area (Å²) in [5, 5.41) is 7.63. The van der Waals surface area contributed by atoms with E-state index in [0.717, 1.165) is 16.0 Å². The zero-order valence-corrected chi connectivity index (χ0v) is 17.8. The molecule has 0 bridgehead atoms. The smallest absolute Gasteiger partial charge is 0.142 e. The fraction of sp³-hybridized carbons (Fsp3) is 0.348. The number of aryl methyl sites for hydroxylation is 2. The Morgan fingerprint density at radius 3 is 2.11 bits per heavy atom. The number of benzene rings is 2. The highest BCUT2D eigenvalue weighted by Crippen LogP contribution is 2.27. The minimum atomic E-state index is 0.950. The summed E-state index contributed by atoms with van der Waals surface area (Å²) in [6.45, 7) is 2.26. The third-order valence-electron chi connectivity index (χ3n) is 4.90. The fourth-order valence-corrected chi connectivity index (χ4v) is 3.68. The zero-order valence-electron chi connectivity index (χ0n) is 16.2. The number of halogens is 1. The summed E-state index contributed by atoms with van der Waals surface area (Å²) in [5.41, 5.74) is 4.98. The molecule has 0 spiro atoms. The normalized spacial score (nSPS) is 10.9. The van der Waals surface area contributed by atoms with E-state index in [0.29, 0.717) is 0 Å². The first-order valence-electron chi connectivity index (χ1n) is 9.81. The van der Waals surface area contributed by atoms with Crippen molar-refractivity contribution >= 4 is 27.4 Å². The van der Waals surface area contributed by atoms with Gasteiger partial charge < -0.3 is 5.32 Å². The molecule has 0 saturated heterocycles. The van der Waals surface area contributed by atoms with E-state index in [1.807, 2.05) is 11.7 Å². The van der Waals surface area contributed by atoms with Gasteiger partial charge in [0.1, 0.15) is 5.82 Å². The van der Waals surface area contributed by atoms with Gasteiger partial charge in [0.05, 0.1) is 10.7 Å². The number of aromatic nitrogens is 2. The first-order valence-corrected chi connectivity index (χ1v) is 10.6. The molecule has 3 rings (SSSR count). The average molecular weight is 426 g/mol. The largest absolute Gasteiger partial charge is 0.340 e. The van der Waals surface area contributed by atoms with Crippen LogP contribution in [0, 0.1) is 0 Å². The lowest BCUT2D eigenvalue weighted by Gasteiger charge is -2.09. The van der Waals surface area contributed by atoms with Gasteiger partial charge in [-0.25, -0.2) is 0 Å². The number of hydrogen-bond acceptors (Lipinski definition) is 2. The molecule has 0 unspecified atom stereocenters. The van der Waals surface area contributed by atoms with Gasteiger partial charge in [0, 0.05) is 12.7 Å². The number of unbranched alkanes of at least 4 members (excludes halogenated alkanes) is 4. The molecule has 4 heteroatoms. The average Bonchev–Trinajstić information content (AvgIpc) is 3.01. The van der Waals surface area contributed by atoms with Crippen LogP contribution in [0.15, 0.2) is 59.2 Å². The molecule has 142 valence electrons. The van der Waals surface area contributed by atoms with Gasteiger partial charge in [-0.3, -0.25) is 4.68 Å². The topological polar surface area (TPSA) is 29.9 Å². The lowest BCUT2D eigenvalue weighted by atomic mass is 10.0. The predicted octanol–water partition coefficient (Wildman–Crippen LogP) is 7.11. The third-order valence-corrected chi connectivity index (χ3v) is 5.48. The van der Waals surface area contributed by atoms with Gasteiger partial charge in [-0.2, -0.15) is 5.10 Å². The summed E-state index contributed by atoms with van der Waals surface area (Å²) in [4.78, 5) is 0. The SMILES string of the molecule is CCCCCCCc1ccc(-c2ccc(Nc3c(Br)cnn3C)cc2)cc1. The van der Waals surface area contributed by atoms with E-state index in [2.05, 4.69) is 81.8 Å². The molecular weight excluding hydrogens is 398 g/mol. The van der Waals surface area contributed by atoms with Gasteiger partial charge in [0.15, 0.2) is 0 Å². The number of nitrogens with one attached hydrogen (secondary N) is 1. The quantitative estimate of drug-likeness (QED) is 0.370. The molecule has 3 aromatic rings. The monoisotopic (exact) mass is 425 g/mol. The van der Waals surface area contributed by atoms with E-state index in [4.69, 9.17) is 0 Å². The molecule has 0 saturated carbocycles. The van der Waals surface area contributed by atoms with Crippen LogP contribution < -0.4 is 5.32 Å². The molecule has 2 aromatic carbocycles. The molecular formula is C23H28BrN3. The van der Waals surface area contributed by atoms with E-state index in [1.54, 1.807) is 6.20 Å². The molecule has 0 aliphatic heterocycles. The Morgan fingerprint density at radius 2 is 1.52 bits per heavy atom. The third kappa shape index (κ3) is 5.46. The van der Waals surface area contributed by atoms with Crippen LogP contribution in [0.2, 0.25) is 0 Å². The summed E-state index contributed by atoms with van der Waals surface area (Å²) in [6.07, 6.45) is 9.66. The predicted molar refractivity (Wildman–Crippen MR) is 119 cm³/mol. The van der Waals surface area contributed by atoms with Gasteiger partial charge in [-0.15, -0.1) is 0 Å². The van der Waals surface area contributed by atoms with Gasteiger partial charge in [-0.05, 0) is 57.6 Å². The maximum absolute atomic E-state index is 4.23. The molecule has 0 radical (unpaired) electrons. The Kier molecular flexibility index (Phi) is 7.11. The van der Waals surface area contributed by atoms with Gasteiger partial charge in [0.25, 0.3) is 0 Å². The van der Waals surface area contributed by atoms with Crippen LogP contribution in [0.3, 0.4) is 0 Å². The number of hydrogen-bond donors (Lipinski definition) is 1. The van der Waals surface area contributed by atoms with Crippen molar-refractivity contribution in [3.8, 4) is 11.1 Å². The van der Waals surface area contributed by atoms with Gasteiger partial charge in [-0.1, -0.05) is 69.0 Å². The van der Waals surface area contributed by atoms with Crippen LogP contribution in [0.5, 0.6) is 0 Å². The van der Waals surface area contributed by atoms with Crippen molar-refractivity contribution in [1.82, 2.24) is 9.78 Å². The van der Waals surface area contributed by atoms with Crippen molar-refractivity contribution in [2.75, 3.05) is 5.32 Å². The van der Waals surface area contributed by atoms with E-state index in [-0.39, 0.29) is 0 Å². The minimum Gasteiger partial charge on any atom is -0.340 e. The van der Waals surface area contributed by atoms with Gasteiger partial charge >= 0.3 is 0 Å². The summed E-state index contributed by atoms with van der Waals surface area (Å²) in [7, 11) is 1.92. The van der Waals surface area contributed by atoms with Gasteiger partial charge in [0.2, 0.25) is 0 Å². The van der Waals surface area contributed by atoms with E-state index < -0.39 is 0 Å². The lowest BCUT2D eigenvalue weighted by molar-refractivity contribution is 0.632. The highest BCUT2D eigenvalue weighted by atomic mass is 79.9. The number of rotatable bonds is 9. The van der Waals surface area contributed by atoms with Crippen LogP contribution in [0.25, 0.3) is 11.1 Å². The molecule has 1 aromatic heterocycles. The number of nitrogens with zero attached hydrogens (tertiary/aromatic N) is 2. The van der Waals surface area contributed by atoms with E-state index in [9.17, 15) is 0 Å². The standard InChI is InChI=1S/C23H28BrN3/c1-3-4-5-6-7-8-18-9-11-19(12-10-18)20-13-15-21(16-14-20)26-23-22(24)17-25-27(23)2/h9-17,26H,3-8H2,1-2H3. The molecule has 0 aliphatic carbocycles. The Hall–Kier alpha value is -2.07. The Balaban J connectivity index is 1.58. The molecule has 0 aliphatic rings. The molecule has 0 fully saturated rings. The minimum absolute atomic E-state index is 0.950. The van der Waals surface area contributed by atoms with Crippen molar-refractivity contribution < 1.29 is 0 Å². The maximum atomic E-state index is 4.23. The van der Waals surface area contributed by atoms with Crippen molar-refractivity contribution in [3.05, 3.63) is 64.8 Å². The van der Waals surface area contributed by atoms with Crippen molar-refractivity contribution in [2.45, 2.75) is 45.4 Å². The van der Waals surface area contributed by atoms with E-state index >= 15 is 0 Å². The molecule has 1 N–H and O–H groups in total. The first-order chi connectivity index (χ1) is 13.2. The molecule has 0 amide bonds. The molecule has 27 heavy (non-hydrogen) atoms. The van der Waals surface area contributed by atoms with Crippen LogP contribution in [-0.4, -0.2) is 9.78 Å². The Labute approximate surface area is 170 Å². The van der Waals surface area contributed by atoms with Crippen LogP contribution in [0.4, 0.5) is 11.5 Å². The molecule has 3 nitrogen and oxygen atoms in total. The van der Waals surface area contributed by atoms with Crippen molar-refractivity contribution in [3.63, 3.8) is 0 Å². The second-order valence-electron chi connectivity index (χ2n) is 7.03. The summed E-state index contributed by atoms with van der Waals surface area (Å²) >= 11 is 3.52. The molecule has 1 heterocycles. The highest BCUT2D eigenvalue weighted by molar-refractivity contribution is 9.10. The van der Waals surface area contributed by atoms with Crippen LogP contribution >= 0.6 is 15.9 Å². The zero-order chi connectivity index (χ0) is 19.1. The first kappa shape index (κ1) is 19.7. The number of anilines is 2. The van der Waals surface area contributed by atoms with Crippen molar-refractivity contribution in [2.24, 2.45) is 7.05 Å².